The van der Waals surface area contributed by atoms with Crippen molar-refractivity contribution < 1.29 is 9.47 Å². The van der Waals surface area contributed by atoms with Gasteiger partial charge < -0.3 is 19.7 Å². The molecule has 0 spiro atoms. The molecule has 29 heavy (non-hydrogen) atoms. The maximum Gasteiger partial charge on any atom is 0.225 e. The minimum Gasteiger partial charge on any atom is -0.474 e. The minimum atomic E-state index is 0.0796. The second-order valence-corrected chi connectivity index (χ2v) is 7.71. The van der Waals surface area contributed by atoms with Crippen molar-refractivity contribution in [3.63, 3.8) is 0 Å². The molecule has 8 heteroatoms. The minimum absolute atomic E-state index is 0.0796. The maximum absolute atomic E-state index is 8.12. The third-order valence-corrected chi connectivity index (χ3v) is 5.57. The molecule has 2 aliphatic rings. The Morgan fingerprint density at radius 2 is 1.97 bits per heavy atom. The van der Waals surface area contributed by atoms with Crippen molar-refractivity contribution in [2.24, 2.45) is 5.92 Å². The zero-order valence-electron chi connectivity index (χ0n) is 16.8. The number of nitrogens with one attached hydrogen (secondary N) is 3. The highest BCUT2D eigenvalue weighted by atomic mass is 16.5. The Hall–Kier alpha value is -2.74. The van der Waals surface area contributed by atoms with Gasteiger partial charge >= 0.3 is 0 Å². The molecule has 0 bridgehead atoms. The average Bonchev–Trinajstić information content (AvgIpc) is 2.74. The molecule has 0 atom stereocenters. The predicted molar refractivity (Wildman–Crippen MR) is 113 cm³/mol. The Morgan fingerprint density at radius 3 is 2.69 bits per heavy atom. The van der Waals surface area contributed by atoms with Gasteiger partial charge in [0.25, 0.3) is 0 Å². The number of ether oxygens (including phenoxy) is 2. The second kappa shape index (κ2) is 8.73. The summed E-state index contributed by atoms with van der Waals surface area (Å²) in [7, 11) is 0. The number of fused-ring (bicyclic) bond motifs is 1. The van der Waals surface area contributed by atoms with E-state index in [4.69, 9.17) is 25.3 Å². The smallest absolute Gasteiger partial charge is 0.225 e. The largest absolute Gasteiger partial charge is 0.474 e. The van der Waals surface area contributed by atoms with E-state index in [1.165, 1.54) is 0 Å². The topological polar surface area (TPSA) is 107 Å². The van der Waals surface area contributed by atoms with Crippen molar-refractivity contribution in [3.05, 3.63) is 24.4 Å². The van der Waals surface area contributed by atoms with Crippen LogP contribution in [0.1, 0.15) is 32.6 Å². The van der Waals surface area contributed by atoms with Crippen LogP contribution >= 0.6 is 0 Å². The zero-order chi connectivity index (χ0) is 20.2. The molecule has 3 heterocycles. The summed E-state index contributed by atoms with van der Waals surface area (Å²) in [5, 5.41) is 19.4. The lowest BCUT2D eigenvalue weighted by Gasteiger charge is -2.31. The van der Waals surface area contributed by atoms with Crippen molar-refractivity contribution in [2.75, 3.05) is 31.2 Å². The van der Waals surface area contributed by atoms with Crippen LogP contribution in [0.4, 0.5) is 5.82 Å². The molecule has 2 fully saturated rings. The Balaban J connectivity index is 1.49. The van der Waals surface area contributed by atoms with Gasteiger partial charge in [0.1, 0.15) is 17.8 Å². The summed E-state index contributed by atoms with van der Waals surface area (Å²) in [6, 6.07) is 5.94. The standard InChI is InChI=1S/C21H28N6O2/c1-14(22)25-20(23)15-4-6-16(7-5-15)29-21-17-3-2-8-24-18(17)13-19(26-21)27-9-11-28-12-10-27/h2-3,8,13,15-16H,4-7,9-12H2,1H3,(H3,22,23,25). The van der Waals surface area contributed by atoms with Gasteiger partial charge in [-0.3, -0.25) is 15.8 Å². The molecular formula is C21H28N6O2. The number of aromatic nitrogens is 2. The van der Waals surface area contributed by atoms with E-state index in [-0.39, 0.29) is 12.0 Å². The third kappa shape index (κ3) is 4.64. The van der Waals surface area contributed by atoms with Crippen LogP contribution in [0.5, 0.6) is 5.88 Å². The summed E-state index contributed by atoms with van der Waals surface area (Å²) >= 11 is 0. The molecule has 154 valence electrons. The maximum atomic E-state index is 8.12. The lowest BCUT2D eigenvalue weighted by molar-refractivity contribution is 0.121. The fourth-order valence-corrected chi connectivity index (χ4v) is 4.01. The van der Waals surface area contributed by atoms with E-state index >= 15 is 0 Å². The van der Waals surface area contributed by atoms with Crippen LogP contribution in [0.25, 0.3) is 10.9 Å². The van der Waals surface area contributed by atoms with Crippen molar-refractivity contribution >= 4 is 28.4 Å². The Labute approximate surface area is 170 Å². The quantitative estimate of drug-likeness (QED) is 0.542. The van der Waals surface area contributed by atoms with Gasteiger partial charge in [-0.05, 0) is 44.7 Å². The number of nitrogens with zero attached hydrogens (tertiary/aromatic N) is 3. The molecule has 8 nitrogen and oxygen atoms in total. The van der Waals surface area contributed by atoms with E-state index in [1.807, 2.05) is 18.2 Å². The molecule has 1 saturated carbocycles. The SMILES string of the molecule is CC(=N)NC(=N)C1CCC(Oc2nc(N3CCOCC3)cc3ncccc23)CC1. The van der Waals surface area contributed by atoms with Gasteiger partial charge in [-0.2, -0.15) is 4.98 Å². The molecule has 1 aliphatic carbocycles. The molecule has 1 saturated heterocycles. The van der Waals surface area contributed by atoms with Crippen molar-refractivity contribution in [3.8, 4) is 5.88 Å². The van der Waals surface area contributed by atoms with E-state index in [1.54, 1.807) is 13.1 Å². The van der Waals surface area contributed by atoms with Crippen LogP contribution in [-0.4, -0.2) is 54.0 Å². The van der Waals surface area contributed by atoms with E-state index in [9.17, 15) is 0 Å². The molecule has 0 aromatic carbocycles. The number of pyridine rings is 2. The summed E-state index contributed by atoms with van der Waals surface area (Å²) in [4.78, 5) is 11.6. The predicted octanol–water partition coefficient (Wildman–Crippen LogP) is 2.97. The van der Waals surface area contributed by atoms with Crippen LogP contribution in [0.3, 0.4) is 0 Å². The Kier molecular flexibility index (Phi) is 5.89. The third-order valence-electron chi connectivity index (χ3n) is 5.57. The molecule has 0 unspecified atom stereocenters. The average molecular weight is 396 g/mol. The molecular weight excluding hydrogens is 368 g/mol. The molecule has 1 aliphatic heterocycles. The van der Waals surface area contributed by atoms with Crippen molar-refractivity contribution in [1.29, 1.82) is 10.8 Å². The number of hydrogen-bond donors (Lipinski definition) is 3. The lowest BCUT2D eigenvalue weighted by Crippen LogP contribution is -2.37. The summed E-state index contributed by atoms with van der Waals surface area (Å²) in [5.74, 6) is 2.45. The van der Waals surface area contributed by atoms with Gasteiger partial charge in [-0.25, -0.2) is 0 Å². The summed E-state index contributed by atoms with van der Waals surface area (Å²) < 4.78 is 11.8. The monoisotopic (exact) mass is 396 g/mol. The lowest BCUT2D eigenvalue weighted by atomic mass is 9.86. The van der Waals surface area contributed by atoms with Crippen LogP contribution < -0.4 is 15.0 Å². The number of rotatable bonds is 4. The van der Waals surface area contributed by atoms with Gasteiger partial charge in [0.05, 0.1) is 30.0 Å². The molecule has 2 aromatic heterocycles. The van der Waals surface area contributed by atoms with E-state index < -0.39 is 0 Å². The normalized spacial score (nSPS) is 22.3. The van der Waals surface area contributed by atoms with Gasteiger partial charge in [-0.1, -0.05) is 0 Å². The number of amidine groups is 2. The first kappa shape index (κ1) is 19.6. The molecule has 2 aromatic rings. The zero-order valence-corrected chi connectivity index (χ0v) is 16.8. The summed E-state index contributed by atoms with van der Waals surface area (Å²) in [5.41, 5.74) is 0.889. The van der Waals surface area contributed by atoms with E-state index in [0.29, 0.717) is 30.8 Å². The first-order chi connectivity index (χ1) is 14.1. The van der Waals surface area contributed by atoms with Crippen LogP contribution in [0.15, 0.2) is 24.4 Å². The fourth-order valence-electron chi connectivity index (χ4n) is 4.01. The number of hydrogen-bond acceptors (Lipinski definition) is 7. The molecule has 3 N–H and O–H groups in total. The van der Waals surface area contributed by atoms with E-state index in [2.05, 4.69) is 15.2 Å². The van der Waals surface area contributed by atoms with Gasteiger partial charge in [-0.15, -0.1) is 0 Å². The number of anilines is 1. The van der Waals surface area contributed by atoms with Crippen LogP contribution in [0.2, 0.25) is 0 Å². The highest BCUT2D eigenvalue weighted by molar-refractivity contribution is 5.97. The fraction of sp³-hybridized carbons (Fsp3) is 0.524. The first-order valence-corrected chi connectivity index (χ1v) is 10.3. The van der Waals surface area contributed by atoms with Crippen LogP contribution in [0, 0.1) is 16.7 Å². The first-order valence-electron chi connectivity index (χ1n) is 10.3. The van der Waals surface area contributed by atoms with E-state index in [0.717, 1.165) is 55.5 Å². The van der Waals surface area contributed by atoms with Gasteiger partial charge in [0.2, 0.25) is 5.88 Å². The summed E-state index contributed by atoms with van der Waals surface area (Å²) in [6.07, 6.45) is 5.38. The summed E-state index contributed by atoms with van der Waals surface area (Å²) in [6.45, 7) is 4.71. The Bertz CT molecular complexity index is 888. The van der Waals surface area contributed by atoms with Crippen molar-refractivity contribution in [1.82, 2.24) is 15.3 Å². The molecule has 0 radical (unpaired) electrons. The van der Waals surface area contributed by atoms with Crippen LogP contribution in [-0.2, 0) is 4.74 Å². The van der Waals surface area contributed by atoms with Gasteiger partial charge in [0.15, 0.2) is 0 Å². The Morgan fingerprint density at radius 1 is 1.21 bits per heavy atom. The molecule has 4 rings (SSSR count). The second-order valence-electron chi connectivity index (χ2n) is 7.71. The van der Waals surface area contributed by atoms with Gasteiger partial charge in [0, 0.05) is 31.3 Å². The molecule has 0 amide bonds. The highest BCUT2D eigenvalue weighted by Crippen LogP contribution is 2.32. The number of morpholine rings is 1. The highest BCUT2D eigenvalue weighted by Gasteiger charge is 2.27. The van der Waals surface area contributed by atoms with Crippen molar-refractivity contribution in [2.45, 2.75) is 38.7 Å².